The van der Waals surface area contributed by atoms with E-state index < -0.39 is 0 Å². The van der Waals surface area contributed by atoms with Crippen LogP contribution in [-0.2, 0) is 0 Å². The predicted octanol–water partition coefficient (Wildman–Crippen LogP) is 3.05. The maximum Gasteiger partial charge on any atom is 0.153 e. The fourth-order valence-electron chi connectivity index (χ4n) is 3.63. The molecule has 1 unspecified atom stereocenters. The standard InChI is InChI=1S/C15H20N2O/c18-11-13-7-3-9-16-15(13)17-10-4-8-14(17)12-5-1-2-6-12/h3,7,9,11-12,14H,1-2,4-6,8,10H2. The Morgan fingerprint density at radius 3 is 2.83 bits per heavy atom. The summed E-state index contributed by atoms with van der Waals surface area (Å²) in [5.41, 5.74) is 0.738. The molecule has 0 spiro atoms. The molecule has 0 radical (unpaired) electrons. The Hall–Kier alpha value is -1.38. The van der Waals surface area contributed by atoms with Crippen molar-refractivity contribution < 1.29 is 4.79 Å². The van der Waals surface area contributed by atoms with Gasteiger partial charge in [0.2, 0.25) is 0 Å². The first kappa shape index (κ1) is 11.7. The van der Waals surface area contributed by atoms with Crippen molar-refractivity contribution in [3.05, 3.63) is 23.9 Å². The highest BCUT2D eigenvalue weighted by Gasteiger charge is 2.34. The van der Waals surface area contributed by atoms with E-state index in [1.807, 2.05) is 12.1 Å². The Morgan fingerprint density at radius 1 is 1.22 bits per heavy atom. The smallest absolute Gasteiger partial charge is 0.153 e. The summed E-state index contributed by atoms with van der Waals surface area (Å²) < 4.78 is 0. The minimum atomic E-state index is 0.612. The van der Waals surface area contributed by atoms with Gasteiger partial charge in [-0.1, -0.05) is 12.8 Å². The van der Waals surface area contributed by atoms with Crippen molar-refractivity contribution in [3.63, 3.8) is 0 Å². The maximum absolute atomic E-state index is 11.1. The van der Waals surface area contributed by atoms with Crippen molar-refractivity contribution in [1.29, 1.82) is 0 Å². The predicted molar refractivity (Wildman–Crippen MR) is 72.0 cm³/mol. The van der Waals surface area contributed by atoms with Gasteiger partial charge in [0, 0.05) is 18.8 Å². The normalized spacial score (nSPS) is 24.7. The fraction of sp³-hybridized carbons (Fsp3) is 0.600. The third kappa shape index (κ3) is 2.02. The van der Waals surface area contributed by atoms with Gasteiger partial charge >= 0.3 is 0 Å². The molecule has 0 bridgehead atoms. The molecule has 1 aliphatic heterocycles. The zero-order valence-corrected chi connectivity index (χ0v) is 10.7. The lowest BCUT2D eigenvalue weighted by atomic mass is 9.96. The molecule has 2 heterocycles. The quantitative estimate of drug-likeness (QED) is 0.766. The number of carbonyl (C=O) groups is 1. The van der Waals surface area contributed by atoms with Crippen LogP contribution in [0, 0.1) is 5.92 Å². The second kappa shape index (κ2) is 5.09. The van der Waals surface area contributed by atoms with E-state index in [0.717, 1.165) is 30.1 Å². The molecule has 1 aromatic heterocycles. The second-order valence-electron chi connectivity index (χ2n) is 5.48. The number of anilines is 1. The van der Waals surface area contributed by atoms with Gasteiger partial charge in [0.25, 0.3) is 0 Å². The average molecular weight is 244 g/mol. The van der Waals surface area contributed by atoms with Crippen LogP contribution in [0.15, 0.2) is 18.3 Å². The molecule has 18 heavy (non-hydrogen) atoms. The monoisotopic (exact) mass is 244 g/mol. The van der Waals surface area contributed by atoms with Gasteiger partial charge in [-0.15, -0.1) is 0 Å². The van der Waals surface area contributed by atoms with Gasteiger partial charge in [0.05, 0.1) is 5.56 Å². The van der Waals surface area contributed by atoms with Crippen molar-refractivity contribution in [2.75, 3.05) is 11.4 Å². The molecule has 1 aliphatic carbocycles. The van der Waals surface area contributed by atoms with Crippen LogP contribution in [-0.4, -0.2) is 23.9 Å². The molecule has 1 saturated carbocycles. The van der Waals surface area contributed by atoms with Crippen LogP contribution in [0.3, 0.4) is 0 Å². The maximum atomic E-state index is 11.1. The first-order chi connectivity index (χ1) is 8.90. The molecular weight excluding hydrogens is 224 g/mol. The summed E-state index contributed by atoms with van der Waals surface area (Å²) in [5, 5.41) is 0. The lowest BCUT2D eigenvalue weighted by Gasteiger charge is -2.31. The molecule has 3 heteroatoms. The van der Waals surface area contributed by atoms with Gasteiger partial charge in [-0.25, -0.2) is 4.98 Å². The van der Waals surface area contributed by atoms with Crippen molar-refractivity contribution in [2.24, 2.45) is 5.92 Å². The first-order valence-electron chi connectivity index (χ1n) is 7.07. The van der Waals surface area contributed by atoms with Crippen LogP contribution >= 0.6 is 0 Å². The molecule has 0 N–H and O–H groups in total. The van der Waals surface area contributed by atoms with Crippen LogP contribution < -0.4 is 4.90 Å². The summed E-state index contributed by atoms with van der Waals surface area (Å²) in [6, 6.07) is 4.33. The van der Waals surface area contributed by atoms with E-state index in [1.165, 1.54) is 38.5 Å². The highest BCUT2D eigenvalue weighted by Crippen LogP contribution is 2.37. The fourth-order valence-corrected chi connectivity index (χ4v) is 3.63. The van der Waals surface area contributed by atoms with E-state index in [4.69, 9.17) is 0 Å². The van der Waals surface area contributed by atoms with E-state index in [9.17, 15) is 4.79 Å². The van der Waals surface area contributed by atoms with Crippen molar-refractivity contribution in [3.8, 4) is 0 Å². The molecule has 3 nitrogen and oxygen atoms in total. The average Bonchev–Trinajstić information content (AvgIpc) is 3.09. The molecule has 2 fully saturated rings. The molecule has 1 atom stereocenters. The zero-order valence-electron chi connectivity index (χ0n) is 10.7. The number of hydrogen-bond acceptors (Lipinski definition) is 3. The lowest BCUT2D eigenvalue weighted by molar-refractivity contribution is 0.112. The van der Waals surface area contributed by atoms with E-state index in [2.05, 4.69) is 9.88 Å². The van der Waals surface area contributed by atoms with E-state index in [1.54, 1.807) is 6.20 Å². The number of hydrogen-bond donors (Lipinski definition) is 0. The molecule has 2 aliphatic rings. The highest BCUT2D eigenvalue weighted by molar-refractivity contribution is 5.82. The van der Waals surface area contributed by atoms with E-state index in [0.29, 0.717) is 6.04 Å². The van der Waals surface area contributed by atoms with Crippen LogP contribution in [0.25, 0.3) is 0 Å². The zero-order chi connectivity index (χ0) is 12.4. The minimum Gasteiger partial charge on any atom is -0.353 e. The van der Waals surface area contributed by atoms with Crippen molar-refractivity contribution in [1.82, 2.24) is 4.98 Å². The largest absolute Gasteiger partial charge is 0.353 e. The second-order valence-corrected chi connectivity index (χ2v) is 5.48. The molecule has 1 saturated heterocycles. The lowest BCUT2D eigenvalue weighted by Crippen LogP contribution is -2.35. The Kier molecular flexibility index (Phi) is 3.31. The van der Waals surface area contributed by atoms with Crippen LogP contribution in [0.2, 0.25) is 0 Å². The summed E-state index contributed by atoms with van der Waals surface area (Å²) in [5.74, 6) is 1.72. The number of carbonyl (C=O) groups excluding carboxylic acids is 1. The molecule has 96 valence electrons. The third-order valence-electron chi connectivity index (χ3n) is 4.46. The van der Waals surface area contributed by atoms with Crippen LogP contribution in [0.1, 0.15) is 48.9 Å². The molecule has 1 aromatic rings. The summed E-state index contributed by atoms with van der Waals surface area (Å²) in [4.78, 5) is 18.0. The topological polar surface area (TPSA) is 33.2 Å². The van der Waals surface area contributed by atoms with E-state index in [-0.39, 0.29) is 0 Å². The Labute approximate surface area is 108 Å². The van der Waals surface area contributed by atoms with Gasteiger partial charge in [-0.2, -0.15) is 0 Å². The Bertz CT molecular complexity index is 426. The summed E-state index contributed by atoms with van der Waals surface area (Å²) in [6.07, 6.45) is 10.7. The van der Waals surface area contributed by atoms with Crippen molar-refractivity contribution in [2.45, 2.75) is 44.6 Å². The summed E-state index contributed by atoms with van der Waals surface area (Å²) in [7, 11) is 0. The van der Waals surface area contributed by atoms with Gasteiger partial charge in [0.1, 0.15) is 5.82 Å². The highest BCUT2D eigenvalue weighted by atomic mass is 16.1. The number of rotatable bonds is 3. The molecular formula is C15H20N2O. The summed E-state index contributed by atoms with van der Waals surface area (Å²) >= 11 is 0. The number of aromatic nitrogens is 1. The molecule has 0 amide bonds. The first-order valence-corrected chi connectivity index (χ1v) is 7.07. The SMILES string of the molecule is O=Cc1cccnc1N1CCCC1C1CCCC1. The Morgan fingerprint density at radius 2 is 2.06 bits per heavy atom. The van der Waals surface area contributed by atoms with Gasteiger partial charge < -0.3 is 4.90 Å². The van der Waals surface area contributed by atoms with Gasteiger partial charge in [0.15, 0.2) is 6.29 Å². The summed E-state index contributed by atoms with van der Waals surface area (Å²) in [6.45, 7) is 1.05. The Balaban J connectivity index is 1.87. The number of nitrogens with zero attached hydrogens (tertiary/aromatic N) is 2. The molecule has 0 aromatic carbocycles. The van der Waals surface area contributed by atoms with Crippen molar-refractivity contribution >= 4 is 12.1 Å². The van der Waals surface area contributed by atoms with Crippen LogP contribution in [0.4, 0.5) is 5.82 Å². The van der Waals surface area contributed by atoms with Crippen LogP contribution in [0.5, 0.6) is 0 Å². The third-order valence-corrected chi connectivity index (χ3v) is 4.46. The van der Waals surface area contributed by atoms with Gasteiger partial charge in [-0.3, -0.25) is 4.79 Å². The van der Waals surface area contributed by atoms with E-state index >= 15 is 0 Å². The van der Waals surface area contributed by atoms with Gasteiger partial charge in [-0.05, 0) is 43.7 Å². The molecule has 3 rings (SSSR count). The minimum absolute atomic E-state index is 0.612. The number of aldehydes is 1. The number of pyridine rings is 1.